The van der Waals surface area contributed by atoms with Crippen molar-refractivity contribution in [3.8, 4) is 0 Å². The van der Waals surface area contributed by atoms with Crippen molar-refractivity contribution in [2.24, 2.45) is 0 Å². The SMILES string of the molecule is O=C(c1[nH]c2ccc(F)c(Cl)c2c1F)N1CCN(C(=O)[C@@H]2CCCN2)CC1. The molecule has 2 N–H and O–H groups in total. The van der Waals surface area contributed by atoms with Crippen molar-refractivity contribution in [1.29, 1.82) is 0 Å². The quantitative estimate of drug-likeness (QED) is 0.817. The van der Waals surface area contributed by atoms with Crippen LogP contribution in [0.2, 0.25) is 5.02 Å². The Morgan fingerprint density at radius 3 is 2.48 bits per heavy atom. The van der Waals surface area contributed by atoms with E-state index in [0.29, 0.717) is 26.2 Å². The second-order valence-electron chi connectivity index (χ2n) is 6.86. The van der Waals surface area contributed by atoms with E-state index in [9.17, 15) is 18.4 Å². The van der Waals surface area contributed by atoms with Crippen LogP contribution in [-0.2, 0) is 4.79 Å². The van der Waals surface area contributed by atoms with Crippen molar-refractivity contribution in [2.75, 3.05) is 32.7 Å². The molecule has 0 saturated carbocycles. The molecule has 0 radical (unpaired) electrons. The van der Waals surface area contributed by atoms with E-state index in [0.717, 1.165) is 25.5 Å². The standard InChI is InChI=1S/C18H19ClF2N4O2/c19-14-10(20)3-4-11-13(14)15(21)16(23-11)18(27)25-8-6-24(7-9-25)17(26)12-2-1-5-22-12/h3-4,12,22-23H,1-2,5-9H2/t12-/m0/s1. The van der Waals surface area contributed by atoms with Crippen LogP contribution in [0.15, 0.2) is 12.1 Å². The van der Waals surface area contributed by atoms with Crippen LogP contribution in [0.5, 0.6) is 0 Å². The molecule has 1 aromatic carbocycles. The van der Waals surface area contributed by atoms with Gasteiger partial charge in [0, 0.05) is 26.2 Å². The summed E-state index contributed by atoms with van der Waals surface area (Å²) in [5, 5.41) is 2.70. The van der Waals surface area contributed by atoms with Crippen molar-refractivity contribution < 1.29 is 18.4 Å². The summed E-state index contributed by atoms with van der Waals surface area (Å²) in [6, 6.07) is 2.33. The predicted molar refractivity (Wildman–Crippen MR) is 96.7 cm³/mol. The van der Waals surface area contributed by atoms with Crippen LogP contribution in [0.4, 0.5) is 8.78 Å². The summed E-state index contributed by atoms with van der Waals surface area (Å²) in [4.78, 5) is 31.1. The zero-order valence-electron chi connectivity index (χ0n) is 14.5. The van der Waals surface area contributed by atoms with Crippen LogP contribution < -0.4 is 5.32 Å². The first kappa shape index (κ1) is 18.2. The number of hydrogen-bond acceptors (Lipinski definition) is 3. The lowest BCUT2D eigenvalue weighted by Crippen LogP contribution is -2.54. The normalized spacial score (nSPS) is 20.5. The van der Waals surface area contributed by atoms with Crippen molar-refractivity contribution >= 4 is 34.3 Å². The number of nitrogens with zero attached hydrogens (tertiary/aromatic N) is 2. The molecule has 0 unspecified atom stereocenters. The first-order valence-corrected chi connectivity index (χ1v) is 9.32. The highest BCUT2D eigenvalue weighted by molar-refractivity contribution is 6.35. The van der Waals surface area contributed by atoms with Gasteiger partial charge in [-0.15, -0.1) is 0 Å². The number of carbonyl (C=O) groups is 2. The van der Waals surface area contributed by atoms with Crippen molar-refractivity contribution in [1.82, 2.24) is 20.1 Å². The van der Waals surface area contributed by atoms with Crippen LogP contribution in [0, 0.1) is 11.6 Å². The third-order valence-electron chi connectivity index (χ3n) is 5.24. The van der Waals surface area contributed by atoms with Crippen molar-refractivity contribution in [2.45, 2.75) is 18.9 Å². The van der Waals surface area contributed by atoms with Gasteiger partial charge in [-0.1, -0.05) is 11.6 Å². The Bertz CT molecular complexity index is 902. The third kappa shape index (κ3) is 3.17. The van der Waals surface area contributed by atoms with Gasteiger partial charge in [-0.25, -0.2) is 8.78 Å². The van der Waals surface area contributed by atoms with Crippen LogP contribution >= 0.6 is 11.6 Å². The van der Waals surface area contributed by atoms with Gasteiger partial charge in [-0.3, -0.25) is 9.59 Å². The Labute approximate surface area is 159 Å². The smallest absolute Gasteiger partial charge is 0.273 e. The average molecular weight is 397 g/mol. The number of piperazine rings is 1. The Hall–Kier alpha value is -2.19. The summed E-state index contributed by atoms with van der Waals surface area (Å²) < 4.78 is 28.3. The Morgan fingerprint density at radius 1 is 1.11 bits per heavy atom. The minimum atomic E-state index is -0.854. The third-order valence-corrected chi connectivity index (χ3v) is 5.61. The van der Waals surface area contributed by atoms with E-state index < -0.39 is 17.5 Å². The summed E-state index contributed by atoms with van der Waals surface area (Å²) in [5.74, 6) is -2.06. The van der Waals surface area contributed by atoms with Crippen LogP contribution in [0.3, 0.4) is 0 Å². The van der Waals surface area contributed by atoms with Crippen molar-refractivity contribution in [3.05, 3.63) is 34.5 Å². The summed E-state index contributed by atoms with van der Waals surface area (Å²) in [6.07, 6.45) is 1.81. The molecule has 0 bridgehead atoms. The lowest BCUT2D eigenvalue weighted by molar-refractivity contribution is -0.134. The Morgan fingerprint density at radius 2 is 1.81 bits per heavy atom. The van der Waals surface area contributed by atoms with Crippen molar-refractivity contribution in [3.63, 3.8) is 0 Å². The maximum absolute atomic E-state index is 14.7. The number of fused-ring (bicyclic) bond motifs is 1. The number of benzene rings is 1. The fourth-order valence-electron chi connectivity index (χ4n) is 3.74. The lowest BCUT2D eigenvalue weighted by atomic mass is 10.2. The number of rotatable bonds is 2. The van der Waals surface area contributed by atoms with E-state index in [1.165, 1.54) is 11.0 Å². The number of nitrogens with one attached hydrogen (secondary N) is 2. The predicted octanol–water partition coefficient (Wildman–Crippen LogP) is 2.14. The minimum absolute atomic E-state index is 0.0543. The van der Waals surface area contributed by atoms with Gasteiger partial charge in [0.2, 0.25) is 5.91 Å². The fourth-order valence-corrected chi connectivity index (χ4v) is 3.98. The highest BCUT2D eigenvalue weighted by atomic mass is 35.5. The number of amides is 2. The molecule has 9 heteroatoms. The molecule has 2 aromatic rings. The van der Waals surface area contributed by atoms with E-state index in [1.807, 2.05) is 0 Å². The van der Waals surface area contributed by atoms with E-state index in [2.05, 4.69) is 10.3 Å². The molecule has 2 aliphatic heterocycles. The summed E-state index contributed by atoms with van der Waals surface area (Å²) in [5.41, 5.74) is 0.0260. The summed E-state index contributed by atoms with van der Waals surface area (Å²) >= 11 is 5.84. The van der Waals surface area contributed by atoms with E-state index in [1.54, 1.807) is 4.90 Å². The molecule has 0 aliphatic carbocycles. The molecular formula is C18H19ClF2N4O2. The second-order valence-corrected chi connectivity index (χ2v) is 7.24. The molecule has 2 aliphatic rings. The topological polar surface area (TPSA) is 68.4 Å². The maximum atomic E-state index is 14.7. The molecule has 144 valence electrons. The minimum Gasteiger partial charge on any atom is -0.348 e. The maximum Gasteiger partial charge on any atom is 0.273 e. The van der Waals surface area contributed by atoms with Gasteiger partial charge < -0.3 is 20.1 Å². The lowest BCUT2D eigenvalue weighted by Gasteiger charge is -2.35. The molecule has 2 saturated heterocycles. The monoisotopic (exact) mass is 396 g/mol. The number of hydrogen-bond donors (Lipinski definition) is 2. The number of halogens is 3. The Balaban J connectivity index is 1.48. The second kappa shape index (κ2) is 7.09. The van der Waals surface area contributed by atoms with Gasteiger partial charge in [0.25, 0.3) is 5.91 Å². The molecule has 6 nitrogen and oxygen atoms in total. The zero-order chi connectivity index (χ0) is 19.1. The number of carbonyl (C=O) groups excluding carboxylic acids is 2. The summed E-state index contributed by atoms with van der Waals surface area (Å²) in [7, 11) is 0. The highest BCUT2D eigenvalue weighted by Gasteiger charge is 2.32. The summed E-state index contributed by atoms with van der Waals surface area (Å²) in [6.45, 7) is 2.28. The van der Waals surface area contributed by atoms with Crippen LogP contribution in [-0.4, -0.2) is 65.4 Å². The van der Waals surface area contributed by atoms with Gasteiger partial charge >= 0.3 is 0 Å². The van der Waals surface area contributed by atoms with E-state index >= 15 is 0 Å². The van der Waals surface area contributed by atoms with Gasteiger partial charge in [-0.05, 0) is 31.5 Å². The molecule has 2 fully saturated rings. The highest BCUT2D eigenvalue weighted by Crippen LogP contribution is 2.31. The van der Waals surface area contributed by atoms with Gasteiger partial charge in [-0.2, -0.15) is 0 Å². The molecule has 0 spiro atoms. The van der Waals surface area contributed by atoms with Gasteiger partial charge in [0.05, 0.1) is 22.0 Å². The first-order chi connectivity index (χ1) is 13.0. The fraction of sp³-hybridized carbons (Fsp3) is 0.444. The van der Waals surface area contributed by atoms with Gasteiger partial charge in [0.15, 0.2) is 5.82 Å². The van der Waals surface area contributed by atoms with E-state index in [-0.39, 0.29) is 33.6 Å². The van der Waals surface area contributed by atoms with Crippen LogP contribution in [0.25, 0.3) is 10.9 Å². The molecular weight excluding hydrogens is 378 g/mol. The zero-order valence-corrected chi connectivity index (χ0v) is 15.3. The number of aromatic amines is 1. The average Bonchev–Trinajstić information content (AvgIpc) is 3.32. The van der Waals surface area contributed by atoms with E-state index in [4.69, 9.17) is 11.6 Å². The molecule has 2 amide bonds. The molecule has 3 heterocycles. The number of H-pyrrole nitrogens is 1. The largest absolute Gasteiger partial charge is 0.348 e. The van der Waals surface area contributed by atoms with Crippen LogP contribution in [0.1, 0.15) is 23.3 Å². The number of aromatic nitrogens is 1. The molecule has 4 rings (SSSR count). The Kier molecular flexibility index (Phi) is 4.77. The molecule has 1 atom stereocenters. The first-order valence-electron chi connectivity index (χ1n) is 8.94. The van der Waals surface area contributed by atoms with Gasteiger partial charge in [0.1, 0.15) is 11.5 Å². The molecule has 27 heavy (non-hydrogen) atoms. The molecule has 1 aromatic heterocycles.